The second kappa shape index (κ2) is 6.73. The van der Waals surface area contributed by atoms with Crippen LogP contribution in [0.25, 0.3) is 0 Å². The number of nitrogens with one attached hydrogen (secondary N) is 1. The topological polar surface area (TPSA) is 58.6 Å². The lowest BCUT2D eigenvalue weighted by Crippen LogP contribution is -2.28. The van der Waals surface area contributed by atoms with Crippen molar-refractivity contribution in [1.82, 2.24) is 5.32 Å². The molecule has 0 saturated carbocycles. The largest absolute Gasteiger partial charge is 0.497 e. The SMILES string of the molecule is COc1ccc([C@@H](NCc2ccccc2)C(=O)O)cc1. The molecule has 0 aliphatic carbocycles. The lowest BCUT2D eigenvalue weighted by atomic mass is 10.1. The van der Waals surface area contributed by atoms with Crippen LogP contribution >= 0.6 is 0 Å². The van der Waals surface area contributed by atoms with E-state index in [1.54, 1.807) is 31.4 Å². The van der Waals surface area contributed by atoms with E-state index in [1.807, 2.05) is 30.3 Å². The van der Waals surface area contributed by atoms with Gasteiger partial charge in [-0.3, -0.25) is 10.1 Å². The zero-order valence-corrected chi connectivity index (χ0v) is 11.2. The molecule has 104 valence electrons. The first-order valence-electron chi connectivity index (χ1n) is 6.35. The van der Waals surface area contributed by atoms with Gasteiger partial charge in [0.2, 0.25) is 0 Å². The van der Waals surface area contributed by atoms with Crippen LogP contribution in [0.3, 0.4) is 0 Å². The summed E-state index contributed by atoms with van der Waals surface area (Å²) >= 11 is 0. The van der Waals surface area contributed by atoms with Crippen LogP contribution in [-0.2, 0) is 11.3 Å². The van der Waals surface area contributed by atoms with Crippen LogP contribution in [0, 0.1) is 0 Å². The van der Waals surface area contributed by atoms with Gasteiger partial charge >= 0.3 is 5.97 Å². The van der Waals surface area contributed by atoms with Crippen molar-refractivity contribution in [1.29, 1.82) is 0 Å². The number of ether oxygens (including phenoxy) is 1. The maximum Gasteiger partial charge on any atom is 0.325 e. The van der Waals surface area contributed by atoms with Gasteiger partial charge in [0.25, 0.3) is 0 Å². The Kier molecular flexibility index (Phi) is 4.74. The highest BCUT2D eigenvalue weighted by Gasteiger charge is 2.18. The molecule has 0 aliphatic rings. The average molecular weight is 271 g/mol. The summed E-state index contributed by atoms with van der Waals surface area (Å²) in [4.78, 5) is 11.4. The van der Waals surface area contributed by atoms with Crippen molar-refractivity contribution >= 4 is 5.97 Å². The molecule has 0 amide bonds. The predicted molar refractivity (Wildman–Crippen MR) is 76.7 cm³/mol. The molecule has 0 unspecified atom stereocenters. The van der Waals surface area contributed by atoms with Crippen molar-refractivity contribution in [2.24, 2.45) is 0 Å². The third kappa shape index (κ3) is 3.59. The van der Waals surface area contributed by atoms with Crippen molar-refractivity contribution in [3.05, 3.63) is 65.7 Å². The monoisotopic (exact) mass is 271 g/mol. The molecule has 0 spiro atoms. The Morgan fingerprint density at radius 3 is 2.35 bits per heavy atom. The van der Waals surface area contributed by atoms with Crippen LogP contribution < -0.4 is 10.1 Å². The summed E-state index contributed by atoms with van der Waals surface area (Å²) in [5.41, 5.74) is 1.75. The molecule has 0 heterocycles. The number of hydrogen-bond acceptors (Lipinski definition) is 3. The Labute approximate surface area is 118 Å². The van der Waals surface area contributed by atoms with Gasteiger partial charge < -0.3 is 9.84 Å². The smallest absolute Gasteiger partial charge is 0.325 e. The molecule has 2 aromatic rings. The third-order valence-corrected chi connectivity index (χ3v) is 3.05. The second-order valence-corrected chi connectivity index (χ2v) is 4.41. The van der Waals surface area contributed by atoms with E-state index in [2.05, 4.69) is 5.32 Å². The molecule has 1 atom stereocenters. The third-order valence-electron chi connectivity index (χ3n) is 3.05. The molecule has 0 fully saturated rings. The van der Waals surface area contributed by atoms with Gasteiger partial charge in [-0.2, -0.15) is 0 Å². The fraction of sp³-hybridized carbons (Fsp3) is 0.188. The first-order chi connectivity index (χ1) is 9.70. The highest BCUT2D eigenvalue weighted by molar-refractivity contribution is 5.75. The van der Waals surface area contributed by atoms with Crippen LogP contribution in [0.1, 0.15) is 17.2 Å². The Balaban J connectivity index is 2.08. The zero-order chi connectivity index (χ0) is 14.4. The minimum atomic E-state index is -0.897. The standard InChI is InChI=1S/C16H17NO3/c1-20-14-9-7-13(8-10-14)15(16(18)19)17-11-12-5-3-2-4-6-12/h2-10,15,17H,11H2,1H3,(H,18,19)/t15-/m1/s1. The van der Waals surface area contributed by atoms with Crippen molar-refractivity contribution in [3.63, 3.8) is 0 Å². The van der Waals surface area contributed by atoms with Crippen molar-refractivity contribution < 1.29 is 14.6 Å². The Morgan fingerprint density at radius 2 is 1.80 bits per heavy atom. The first-order valence-corrected chi connectivity index (χ1v) is 6.35. The average Bonchev–Trinajstić information content (AvgIpc) is 2.49. The molecule has 0 bridgehead atoms. The maximum atomic E-state index is 11.4. The molecule has 0 aromatic heterocycles. The molecule has 2 rings (SSSR count). The summed E-state index contributed by atoms with van der Waals surface area (Å²) in [7, 11) is 1.58. The van der Waals surface area contributed by atoms with E-state index in [1.165, 1.54) is 0 Å². The summed E-state index contributed by atoms with van der Waals surface area (Å²) in [5.74, 6) is -0.188. The van der Waals surface area contributed by atoms with Crippen LogP contribution in [0.5, 0.6) is 5.75 Å². The van der Waals surface area contributed by atoms with Crippen LogP contribution in [0.4, 0.5) is 0 Å². The van der Waals surface area contributed by atoms with Gasteiger partial charge in [0.05, 0.1) is 7.11 Å². The Morgan fingerprint density at radius 1 is 1.15 bits per heavy atom. The Hall–Kier alpha value is -2.33. The summed E-state index contributed by atoms with van der Waals surface area (Å²) < 4.78 is 5.07. The fourth-order valence-corrected chi connectivity index (χ4v) is 1.96. The molecule has 20 heavy (non-hydrogen) atoms. The van der Waals surface area contributed by atoms with Gasteiger partial charge in [0.15, 0.2) is 0 Å². The summed E-state index contributed by atoms with van der Waals surface area (Å²) in [6.07, 6.45) is 0. The first kappa shape index (κ1) is 14.1. The molecule has 2 N–H and O–H groups in total. The minimum Gasteiger partial charge on any atom is -0.497 e. The number of hydrogen-bond donors (Lipinski definition) is 2. The number of rotatable bonds is 6. The van der Waals surface area contributed by atoms with Crippen LogP contribution in [-0.4, -0.2) is 18.2 Å². The van der Waals surface area contributed by atoms with E-state index in [0.29, 0.717) is 17.9 Å². The quantitative estimate of drug-likeness (QED) is 0.848. The summed E-state index contributed by atoms with van der Waals surface area (Å²) in [6, 6.07) is 16.0. The molecular formula is C16H17NO3. The minimum absolute atomic E-state index is 0.504. The van der Waals surface area contributed by atoms with Crippen LogP contribution in [0.15, 0.2) is 54.6 Å². The van der Waals surface area contributed by atoms with Crippen LogP contribution in [0.2, 0.25) is 0 Å². The molecule has 0 radical (unpaired) electrons. The number of carboxylic acid groups (broad SMARTS) is 1. The van der Waals surface area contributed by atoms with Crippen molar-refractivity contribution in [2.75, 3.05) is 7.11 Å². The van der Waals surface area contributed by atoms with Gasteiger partial charge in [-0.15, -0.1) is 0 Å². The summed E-state index contributed by atoms with van der Waals surface area (Å²) in [6.45, 7) is 0.504. The molecule has 0 saturated heterocycles. The van der Waals surface area contributed by atoms with E-state index >= 15 is 0 Å². The zero-order valence-electron chi connectivity index (χ0n) is 11.2. The van der Waals surface area contributed by atoms with Crippen molar-refractivity contribution in [3.8, 4) is 5.75 Å². The number of methoxy groups -OCH3 is 1. The molecular weight excluding hydrogens is 254 g/mol. The number of carbonyl (C=O) groups is 1. The predicted octanol–water partition coefficient (Wildman–Crippen LogP) is 2.61. The Bertz CT molecular complexity index is 552. The number of benzene rings is 2. The van der Waals surface area contributed by atoms with E-state index in [0.717, 1.165) is 5.56 Å². The molecule has 0 aliphatic heterocycles. The lowest BCUT2D eigenvalue weighted by molar-refractivity contribution is -0.139. The lowest BCUT2D eigenvalue weighted by Gasteiger charge is -2.15. The van der Waals surface area contributed by atoms with Gasteiger partial charge in [-0.1, -0.05) is 42.5 Å². The summed E-state index contributed by atoms with van der Waals surface area (Å²) in [5, 5.41) is 12.4. The van der Waals surface area contributed by atoms with Gasteiger partial charge in [0, 0.05) is 6.54 Å². The molecule has 2 aromatic carbocycles. The normalized spacial score (nSPS) is 11.8. The molecule has 4 nitrogen and oxygen atoms in total. The second-order valence-electron chi connectivity index (χ2n) is 4.41. The number of carboxylic acids is 1. The highest BCUT2D eigenvalue weighted by Crippen LogP contribution is 2.18. The fourth-order valence-electron chi connectivity index (χ4n) is 1.96. The maximum absolute atomic E-state index is 11.4. The van der Waals surface area contributed by atoms with Gasteiger partial charge in [-0.25, -0.2) is 0 Å². The van der Waals surface area contributed by atoms with E-state index in [-0.39, 0.29) is 0 Å². The van der Waals surface area contributed by atoms with E-state index in [4.69, 9.17) is 4.74 Å². The van der Waals surface area contributed by atoms with E-state index in [9.17, 15) is 9.90 Å². The highest BCUT2D eigenvalue weighted by atomic mass is 16.5. The number of aliphatic carboxylic acids is 1. The molecule has 4 heteroatoms. The van der Waals surface area contributed by atoms with Crippen molar-refractivity contribution in [2.45, 2.75) is 12.6 Å². The van der Waals surface area contributed by atoms with E-state index < -0.39 is 12.0 Å². The van der Waals surface area contributed by atoms with Gasteiger partial charge in [-0.05, 0) is 23.3 Å². The van der Waals surface area contributed by atoms with Gasteiger partial charge in [0.1, 0.15) is 11.8 Å².